The number of Topliss-reactive ketones (excluding diaryl/α,β-unsaturated/α-hetero) is 2. The molecule has 37 heavy (non-hydrogen) atoms. The first-order valence-electron chi connectivity index (χ1n) is 14.7. The smallest absolute Gasteiger partial charge is 0.202 e. The summed E-state index contributed by atoms with van der Waals surface area (Å²) in [5.74, 6) is 0.604. The van der Waals surface area contributed by atoms with Gasteiger partial charge in [0.1, 0.15) is 11.4 Å². The molecular weight excluding hydrogens is 492 g/mol. The molecule has 0 bridgehead atoms. The second-order valence-electron chi connectivity index (χ2n) is 12.7. The third-order valence-corrected chi connectivity index (χ3v) is 11.5. The Labute approximate surface area is 226 Å². The molecule has 0 aromatic rings. The third-order valence-electron chi connectivity index (χ3n) is 11.0. The summed E-state index contributed by atoms with van der Waals surface area (Å²) in [5.41, 5.74) is -1.07. The first-order valence-corrected chi connectivity index (χ1v) is 15.2. The van der Waals surface area contributed by atoms with Crippen molar-refractivity contribution in [3.63, 3.8) is 0 Å². The fraction of sp³-hybridized carbons (Fsp3) is 0.867. The van der Waals surface area contributed by atoms with Gasteiger partial charge in [-0.25, -0.2) is 0 Å². The number of ether oxygens (including phenoxy) is 4. The predicted octanol–water partition coefficient (Wildman–Crippen LogP) is 5.53. The van der Waals surface area contributed by atoms with E-state index >= 15 is 0 Å². The van der Waals surface area contributed by atoms with E-state index in [1.807, 2.05) is 6.92 Å². The Balaban J connectivity index is 1.34. The molecule has 1 spiro atoms. The summed E-state index contributed by atoms with van der Waals surface area (Å²) < 4.78 is 25.0. The highest BCUT2D eigenvalue weighted by Gasteiger charge is 2.70. The second-order valence-corrected chi connectivity index (χ2v) is 13.2. The molecule has 7 heteroatoms. The van der Waals surface area contributed by atoms with Gasteiger partial charge in [-0.2, -0.15) is 0 Å². The van der Waals surface area contributed by atoms with Crippen LogP contribution in [-0.2, 0) is 28.5 Å². The Morgan fingerprint density at radius 1 is 0.892 bits per heavy atom. The molecule has 5 unspecified atom stereocenters. The largest absolute Gasteiger partial charge is 0.490 e. The van der Waals surface area contributed by atoms with Crippen LogP contribution in [0.4, 0.5) is 0 Å². The lowest BCUT2D eigenvalue weighted by Crippen LogP contribution is -2.54. The predicted molar refractivity (Wildman–Crippen MR) is 139 cm³/mol. The van der Waals surface area contributed by atoms with Crippen LogP contribution in [0, 0.1) is 23.7 Å². The van der Waals surface area contributed by atoms with Gasteiger partial charge in [0.05, 0.1) is 29.6 Å². The zero-order valence-corrected chi connectivity index (χ0v) is 23.4. The van der Waals surface area contributed by atoms with E-state index < -0.39 is 23.0 Å². The molecule has 0 radical (unpaired) electrons. The molecule has 6 rings (SSSR count). The van der Waals surface area contributed by atoms with Crippen molar-refractivity contribution < 1.29 is 28.5 Å². The highest BCUT2D eigenvalue weighted by Crippen LogP contribution is 2.58. The quantitative estimate of drug-likeness (QED) is 0.349. The van der Waals surface area contributed by atoms with Gasteiger partial charge in [-0.1, -0.05) is 45.4 Å². The molecule has 3 saturated carbocycles. The van der Waals surface area contributed by atoms with Crippen LogP contribution in [0.1, 0.15) is 90.4 Å². The first-order chi connectivity index (χ1) is 17.9. The van der Waals surface area contributed by atoms with Gasteiger partial charge < -0.3 is 18.9 Å². The lowest BCUT2D eigenvalue weighted by molar-refractivity contribution is -0.159. The molecule has 0 N–H and O–H groups in total. The maximum atomic E-state index is 14.5. The highest BCUT2D eigenvalue weighted by atomic mass is 35.5. The lowest BCUT2D eigenvalue weighted by Gasteiger charge is -2.46. The Bertz CT molecular complexity index is 932. The van der Waals surface area contributed by atoms with Crippen molar-refractivity contribution in [2.45, 2.75) is 125 Å². The molecular formula is C30H43ClO6. The summed E-state index contributed by atoms with van der Waals surface area (Å²) in [7, 11) is 3.23. The monoisotopic (exact) mass is 534 g/mol. The fourth-order valence-corrected chi connectivity index (χ4v) is 9.43. The highest BCUT2D eigenvalue weighted by molar-refractivity contribution is 6.24. The van der Waals surface area contributed by atoms with Crippen molar-refractivity contribution in [3.8, 4) is 0 Å². The SMILES string of the molecule is COC1CC(OC)C2C(=O)[C@@]3(OC2C1Cl)C(=O)C1=C(C[C@H]3C)OC(C2CCCCC2)(C2CCCCC2)C1. The van der Waals surface area contributed by atoms with E-state index in [1.54, 1.807) is 14.2 Å². The van der Waals surface area contributed by atoms with E-state index in [0.29, 0.717) is 31.1 Å². The van der Waals surface area contributed by atoms with Crippen molar-refractivity contribution in [2.75, 3.05) is 14.2 Å². The summed E-state index contributed by atoms with van der Waals surface area (Å²) in [4.78, 5) is 28.7. The van der Waals surface area contributed by atoms with E-state index in [4.69, 9.17) is 30.5 Å². The van der Waals surface area contributed by atoms with Crippen molar-refractivity contribution in [3.05, 3.63) is 11.3 Å². The molecule has 2 heterocycles. The Morgan fingerprint density at radius 3 is 2.05 bits per heavy atom. The number of carbonyl (C=O) groups excluding carboxylic acids is 2. The van der Waals surface area contributed by atoms with Crippen LogP contribution in [-0.4, -0.2) is 60.7 Å². The number of alkyl halides is 1. The molecule has 2 aliphatic heterocycles. The first kappa shape index (κ1) is 26.3. The van der Waals surface area contributed by atoms with Gasteiger partial charge in [-0.3, -0.25) is 9.59 Å². The molecule has 7 atom stereocenters. The number of allylic oxidation sites excluding steroid dienone is 1. The normalized spacial score (nSPS) is 42.7. The molecule has 1 saturated heterocycles. The minimum Gasteiger partial charge on any atom is -0.490 e. The zero-order valence-electron chi connectivity index (χ0n) is 22.6. The molecule has 6 aliphatic rings. The summed E-state index contributed by atoms with van der Waals surface area (Å²) in [6.07, 6.45) is 12.7. The average molecular weight is 535 g/mol. The van der Waals surface area contributed by atoms with Gasteiger partial charge in [0.15, 0.2) is 11.4 Å². The van der Waals surface area contributed by atoms with E-state index in [-0.39, 0.29) is 35.3 Å². The summed E-state index contributed by atoms with van der Waals surface area (Å²) in [6.45, 7) is 1.97. The van der Waals surface area contributed by atoms with Crippen LogP contribution in [0.2, 0.25) is 0 Å². The molecule has 0 aromatic carbocycles. The van der Waals surface area contributed by atoms with Crippen molar-refractivity contribution >= 4 is 23.2 Å². The van der Waals surface area contributed by atoms with Crippen LogP contribution >= 0.6 is 11.6 Å². The zero-order chi connectivity index (χ0) is 25.9. The topological polar surface area (TPSA) is 71.1 Å². The number of hydrogen-bond acceptors (Lipinski definition) is 6. The van der Waals surface area contributed by atoms with Gasteiger partial charge in [0, 0.05) is 45.0 Å². The molecule has 0 aromatic heterocycles. The summed E-state index contributed by atoms with van der Waals surface area (Å²) in [6, 6.07) is 0. The second kappa shape index (κ2) is 9.91. The molecule has 0 amide bonds. The maximum Gasteiger partial charge on any atom is 0.202 e. The number of halogens is 1. The number of ketones is 2. The van der Waals surface area contributed by atoms with Gasteiger partial charge >= 0.3 is 0 Å². The molecule has 4 aliphatic carbocycles. The number of carbonyl (C=O) groups is 2. The molecule has 6 nitrogen and oxygen atoms in total. The molecule has 206 valence electrons. The van der Waals surface area contributed by atoms with Crippen molar-refractivity contribution in [1.29, 1.82) is 0 Å². The third kappa shape index (κ3) is 3.82. The summed E-state index contributed by atoms with van der Waals surface area (Å²) in [5, 5.41) is -0.511. The Kier molecular flexibility index (Phi) is 7.04. The fourth-order valence-electron chi connectivity index (χ4n) is 9.01. The number of methoxy groups -OCH3 is 2. The Hall–Kier alpha value is -0.950. The van der Waals surface area contributed by atoms with E-state index in [9.17, 15) is 9.59 Å². The van der Waals surface area contributed by atoms with Gasteiger partial charge in [0.25, 0.3) is 0 Å². The molecule has 4 fully saturated rings. The lowest BCUT2D eigenvalue weighted by atomic mass is 9.63. The summed E-state index contributed by atoms with van der Waals surface area (Å²) >= 11 is 6.82. The van der Waals surface area contributed by atoms with Crippen LogP contribution in [0.25, 0.3) is 0 Å². The van der Waals surface area contributed by atoms with Crippen molar-refractivity contribution in [1.82, 2.24) is 0 Å². The van der Waals surface area contributed by atoms with Gasteiger partial charge in [-0.15, -0.1) is 11.6 Å². The van der Waals surface area contributed by atoms with Gasteiger partial charge in [0.2, 0.25) is 5.78 Å². The van der Waals surface area contributed by atoms with Crippen LogP contribution in [0.5, 0.6) is 0 Å². The average Bonchev–Trinajstić information content (AvgIpc) is 3.47. The van der Waals surface area contributed by atoms with E-state index in [0.717, 1.165) is 11.3 Å². The van der Waals surface area contributed by atoms with Crippen LogP contribution in [0.3, 0.4) is 0 Å². The van der Waals surface area contributed by atoms with E-state index in [2.05, 4.69) is 0 Å². The standard InChI is InChI=1S/C30H43ClO6/c1-17-14-21-20(16-29(36-21,18-10-6-4-7-11-18)19-12-8-5-9-13-19)27(32)30(17)28(33)24-22(34-2)15-23(35-3)25(31)26(24)37-30/h17-19,22-26H,4-16H2,1-3H3/t17-,22?,23?,24?,25?,26?,30+/m1/s1. The van der Waals surface area contributed by atoms with Crippen LogP contribution in [0.15, 0.2) is 11.3 Å². The number of fused-ring (bicyclic) bond motifs is 1. The van der Waals surface area contributed by atoms with Gasteiger partial charge in [-0.05, 0) is 37.5 Å². The van der Waals surface area contributed by atoms with Crippen LogP contribution < -0.4 is 0 Å². The van der Waals surface area contributed by atoms with Crippen molar-refractivity contribution in [2.24, 2.45) is 23.7 Å². The maximum absolute atomic E-state index is 14.5. The minimum absolute atomic E-state index is 0.151. The minimum atomic E-state index is -1.50. The number of rotatable bonds is 4. The Morgan fingerprint density at radius 2 is 1.49 bits per heavy atom. The number of hydrogen-bond donors (Lipinski definition) is 0. The van der Waals surface area contributed by atoms with E-state index in [1.165, 1.54) is 64.2 Å².